The summed E-state index contributed by atoms with van der Waals surface area (Å²) in [5.41, 5.74) is 0.884. The molecule has 2 heterocycles. The Hall–Kier alpha value is -0.430. The normalized spacial score (nSPS) is 20.2. The predicted molar refractivity (Wildman–Crippen MR) is 88.3 cm³/mol. The lowest BCUT2D eigenvalue weighted by atomic mass is 10.2. The molecule has 6 heteroatoms. The fraction of sp³-hybridized carbons (Fsp3) is 0.733. The lowest BCUT2D eigenvalue weighted by molar-refractivity contribution is 0.379. The summed E-state index contributed by atoms with van der Waals surface area (Å²) in [6, 6.07) is 0.172. The molecule has 0 bridgehead atoms. The van der Waals surface area contributed by atoms with E-state index in [-0.39, 0.29) is 6.04 Å². The number of thiophene rings is 1. The molecule has 1 aliphatic rings. The van der Waals surface area contributed by atoms with Crippen molar-refractivity contribution in [2.24, 2.45) is 0 Å². The van der Waals surface area contributed by atoms with E-state index in [1.165, 1.54) is 0 Å². The van der Waals surface area contributed by atoms with Crippen molar-refractivity contribution in [3.63, 3.8) is 0 Å². The summed E-state index contributed by atoms with van der Waals surface area (Å²) in [5, 5.41) is 5.29. The van der Waals surface area contributed by atoms with Crippen LogP contribution in [0.2, 0.25) is 0 Å². The molecular weight excluding hydrogens is 304 g/mol. The quantitative estimate of drug-likeness (QED) is 0.782. The molecule has 1 aliphatic heterocycles. The molecule has 0 aliphatic carbocycles. The molecule has 4 nitrogen and oxygen atoms in total. The second-order valence-electron chi connectivity index (χ2n) is 5.67. The van der Waals surface area contributed by atoms with Gasteiger partial charge >= 0.3 is 0 Å². The van der Waals surface area contributed by atoms with E-state index in [0.717, 1.165) is 42.7 Å². The fourth-order valence-electron chi connectivity index (χ4n) is 2.99. The van der Waals surface area contributed by atoms with E-state index in [1.54, 1.807) is 15.6 Å². The largest absolute Gasteiger partial charge is 0.312 e. The van der Waals surface area contributed by atoms with Crippen LogP contribution >= 0.6 is 11.3 Å². The zero-order chi connectivity index (χ0) is 15.5. The Morgan fingerprint density at radius 3 is 2.86 bits per heavy atom. The van der Waals surface area contributed by atoms with Crippen molar-refractivity contribution in [2.45, 2.75) is 63.9 Å². The Labute approximate surface area is 132 Å². The highest BCUT2D eigenvalue weighted by molar-refractivity contribution is 7.89. The summed E-state index contributed by atoms with van der Waals surface area (Å²) in [4.78, 5) is 1.50. The van der Waals surface area contributed by atoms with E-state index in [1.807, 2.05) is 12.3 Å². The molecule has 0 spiro atoms. The van der Waals surface area contributed by atoms with Gasteiger partial charge in [0.25, 0.3) is 0 Å². The number of hydrogen-bond donors (Lipinski definition) is 1. The smallest absolute Gasteiger partial charge is 0.244 e. The average Bonchev–Trinajstić information content (AvgIpc) is 3.06. The van der Waals surface area contributed by atoms with Crippen LogP contribution in [0.15, 0.2) is 10.3 Å². The Balaban J connectivity index is 2.29. The fourth-order valence-corrected chi connectivity index (χ4v) is 6.49. The summed E-state index contributed by atoms with van der Waals surface area (Å²) >= 11 is 1.55. The zero-order valence-corrected chi connectivity index (χ0v) is 14.8. The third kappa shape index (κ3) is 3.50. The molecule has 1 aromatic rings. The van der Waals surface area contributed by atoms with E-state index in [2.05, 4.69) is 19.2 Å². The van der Waals surface area contributed by atoms with E-state index >= 15 is 0 Å². The average molecular weight is 331 g/mol. The molecule has 1 fully saturated rings. The molecule has 2 rings (SSSR count). The number of aryl methyl sites for hydroxylation is 1. The Morgan fingerprint density at radius 1 is 1.43 bits per heavy atom. The van der Waals surface area contributed by atoms with Crippen molar-refractivity contribution in [2.75, 3.05) is 13.1 Å². The molecule has 120 valence electrons. The van der Waals surface area contributed by atoms with Crippen LogP contribution in [0, 0.1) is 6.92 Å². The second-order valence-corrected chi connectivity index (χ2v) is 8.46. The number of sulfonamides is 1. The first kappa shape index (κ1) is 16.9. The van der Waals surface area contributed by atoms with Gasteiger partial charge in [-0.1, -0.05) is 13.8 Å². The van der Waals surface area contributed by atoms with Crippen molar-refractivity contribution < 1.29 is 8.42 Å². The standard InChI is InChI=1S/C15H26N2O2S2/c1-4-8-16-10-14-15(12(3)11-20-14)21(18,19)17-9-6-7-13(17)5-2/h11,13,16H,4-10H2,1-3H3. The number of nitrogens with zero attached hydrogens (tertiary/aromatic N) is 1. The first-order chi connectivity index (χ1) is 10.0. The summed E-state index contributed by atoms with van der Waals surface area (Å²) in [6.07, 6.45) is 3.91. The van der Waals surface area contributed by atoms with Crippen LogP contribution < -0.4 is 5.32 Å². The van der Waals surface area contributed by atoms with Crippen LogP contribution in [0.1, 0.15) is 50.0 Å². The first-order valence-electron chi connectivity index (χ1n) is 7.81. The van der Waals surface area contributed by atoms with E-state index in [4.69, 9.17) is 0 Å². The van der Waals surface area contributed by atoms with Gasteiger partial charge in [0.05, 0.1) is 0 Å². The molecule has 1 saturated heterocycles. The van der Waals surface area contributed by atoms with Gasteiger partial charge in [0.1, 0.15) is 4.90 Å². The Morgan fingerprint density at radius 2 is 2.19 bits per heavy atom. The summed E-state index contributed by atoms with van der Waals surface area (Å²) in [6.45, 7) is 8.31. The topological polar surface area (TPSA) is 49.4 Å². The maximum absolute atomic E-state index is 13.0. The highest BCUT2D eigenvalue weighted by atomic mass is 32.2. The van der Waals surface area contributed by atoms with Gasteiger partial charge in [0.2, 0.25) is 10.0 Å². The molecule has 1 N–H and O–H groups in total. The molecule has 1 unspecified atom stereocenters. The Bertz CT molecular complexity index is 566. The van der Waals surface area contributed by atoms with E-state index < -0.39 is 10.0 Å². The van der Waals surface area contributed by atoms with Crippen molar-refractivity contribution in [1.82, 2.24) is 9.62 Å². The van der Waals surface area contributed by atoms with Gasteiger partial charge in [-0.05, 0) is 50.1 Å². The van der Waals surface area contributed by atoms with Crippen molar-refractivity contribution >= 4 is 21.4 Å². The van der Waals surface area contributed by atoms with Gasteiger partial charge < -0.3 is 5.32 Å². The molecule has 0 aromatic carbocycles. The SMILES string of the molecule is CCCNCc1scc(C)c1S(=O)(=O)N1CCCC1CC. The molecule has 1 aromatic heterocycles. The molecular formula is C15H26N2O2S2. The van der Waals surface area contributed by atoms with Crippen LogP contribution in [0.5, 0.6) is 0 Å². The lowest BCUT2D eigenvalue weighted by Crippen LogP contribution is -2.35. The molecule has 1 atom stereocenters. The molecule has 0 amide bonds. The van der Waals surface area contributed by atoms with Crippen LogP contribution in [0.4, 0.5) is 0 Å². The van der Waals surface area contributed by atoms with Crippen molar-refractivity contribution in [1.29, 1.82) is 0 Å². The van der Waals surface area contributed by atoms with Gasteiger partial charge in [0.15, 0.2) is 0 Å². The van der Waals surface area contributed by atoms with Crippen LogP contribution in [-0.4, -0.2) is 31.9 Å². The third-order valence-electron chi connectivity index (χ3n) is 4.06. The van der Waals surface area contributed by atoms with Crippen molar-refractivity contribution in [3.8, 4) is 0 Å². The third-order valence-corrected chi connectivity index (χ3v) is 7.48. The van der Waals surface area contributed by atoms with Crippen LogP contribution in [-0.2, 0) is 16.6 Å². The molecule has 0 saturated carbocycles. The van der Waals surface area contributed by atoms with Crippen LogP contribution in [0.25, 0.3) is 0 Å². The summed E-state index contributed by atoms with van der Waals surface area (Å²) in [7, 11) is -3.35. The minimum absolute atomic E-state index is 0.172. The van der Waals surface area contributed by atoms with E-state index in [0.29, 0.717) is 18.0 Å². The summed E-state index contributed by atoms with van der Waals surface area (Å²) < 4.78 is 27.8. The zero-order valence-electron chi connectivity index (χ0n) is 13.2. The lowest BCUT2D eigenvalue weighted by Gasteiger charge is -2.23. The van der Waals surface area contributed by atoms with Gasteiger partial charge in [-0.15, -0.1) is 11.3 Å². The summed E-state index contributed by atoms with van der Waals surface area (Å²) in [5.74, 6) is 0. The first-order valence-corrected chi connectivity index (χ1v) is 10.1. The number of hydrogen-bond acceptors (Lipinski definition) is 4. The number of rotatable bonds is 7. The van der Waals surface area contributed by atoms with Gasteiger partial charge in [-0.3, -0.25) is 0 Å². The maximum Gasteiger partial charge on any atom is 0.244 e. The highest BCUT2D eigenvalue weighted by Gasteiger charge is 2.36. The minimum Gasteiger partial charge on any atom is -0.312 e. The maximum atomic E-state index is 13.0. The number of nitrogens with one attached hydrogen (secondary N) is 1. The van der Waals surface area contributed by atoms with Gasteiger partial charge in [0, 0.05) is 24.0 Å². The molecule has 0 radical (unpaired) electrons. The second kappa shape index (κ2) is 7.22. The monoisotopic (exact) mass is 330 g/mol. The Kier molecular flexibility index (Phi) is 5.82. The van der Waals surface area contributed by atoms with Crippen molar-refractivity contribution in [3.05, 3.63) is 15.8 Å². The van der Waals surface area contributed by atoms with E-state index in [9.17, 15) is 8.42 Å². The van der Waals surface area contributed by atoms with Crippen LogP contribution in [0.3, 0.4) is 0 Å². The minimum atomic E-state index is -3.35. The predicted octanol–water partition coefficient (Wildman–Crippen LogP) is 3.12. The molecule has 21 heavy (non-hydrogen) atoms. The van der Waals surface area contributed by atoms with Gasteiger partial charge in [-0.25, -0.2) is 8.42 Å². The highest BCUT2D eigenvalue weighted by Crippen LogP contribution is 2.34. The van der Waals surface area contributed by atoms with Gasteiger partial charge in [-0.2, -0.15) is 4.31 Å².